The Hall–Kier alpha value is -5.24. The number of hydrogen-bond acceptors (Lipinski definition) is 5. The smallest absolute Gasteiger partial charge is 0.258 e. The van der Waals surface area contributed by atoms with Crippen LogP contribution in [0.1, 0.15) is 84.8 Å². The molecule has 75 heavy (non-hydrogen) atoms. The molecule has 0 bridgehead atoms. The quantitative estimate of drug-likeness (QED) is 0.101. The van der Waals surface area contributed by atoms with Crippen LogP contribution in [0.25, 0.3) is 0 Å². The van der Waals surface area contributed by atoms with E-state index < -0.39 is 0 Å². The zero-order valence-electron chi connectivity index (χ0n) is 42.7. The number of nitrogens with zero attached hydrogens (tertiary/aromatic N) is 5. The molecule has 0 saturated heterocycles. The van der Waals surface area contributed by atoms with Crippen molar-refractivity contribution in [2.24, 2.45) is 0 Å². The van der Waals surface area contributed by atoms with Gasteiger partial charge in [-0.15, -0.1) is 0 Å². The third-order valence-electron chi connectivity index (χ3n) is 10.5. The van der Waals surface area contributed by atoms with Crippen molar-refractivity contribution in [1.82, 2.24) is 24.9 Å². The van der Waals surface area contributed by atoms with Gasteiger partial charge in [0, 0.05) is 110 Å². The van der Waals surface area contributed by atoms with Crippen molar-refractivity contribution >= 4 is 0 Å². The standard InChI is InChI=1S/5C13H12N.Co.Fe.Os.Rh.Ru/c5*1-11-6-5-9-13(14-11)10-12-7-3-2-4-8-12;;;;;/h5*2-7,9H,10H2,1H3;;;;;/q5*-1;;;+1;;+1. The van der Waals surface area contributed by atoms with Gasteiger partial charge in [-0.25, -0.2) is 0 Å². The summed E-state index contributed by atoms with van der Waals surface area (Å²) in [7, 11) is 0. The number of benzene rings is 5. The summed E-state index contributed by atoms with van der Waals surface area (Å²) in [5.41, 5.74) is 16.8. The van der Waals surface area contributed by atoms with E-state index in [1.54, 1.807) is 0 Å². The van der Waals surface area contributed by atoms with Gasteiger partial charge in [-0.1, -0.05) is 30.3 Å². The van der Waals surface area contributed by atoms with Crippen molar-refractivity contribution in [3.63, 3.8) is 0 Å². The summed E-state index contributed by atoms with van der Waals surface area (Å²) in [5, 5.41) is 0. The molecule has 0 amide bonds. The van der Waals surface area contributed by atoms with E-state index in [-0.39, 0.29) is 92.6 Å². The van der Waals surface area contributed by atoms with Gasteiger partial charge in [-0.2, -0.15) is 179 Å². The van der Waals surface area contributed by atoms with Gasteiger partial charge >= 0.3 is 39.3 Å². The van der Waals surface area contributed by atoms with Crippen LogP contribution in [0.4, 0.5) is 0 Å². The fraction of sp³-hybridized carbons (Fsp3) is 0.154. The number of aromatic nitrogens is 5. The Kier molecular flexibility index (Phi) is 35.4. The number of hydrogen-bond donors (Lipinski definition) is 0. The molecule has 0 N–H and O–H groups in total. The van der Waals surface area contributed by atoms with Gasteiger partial charge in [0.25, 0.3) is 0 Å². The van der Waals surface area contributed by atoms with Crippen LogP contribution in [0.2, 0.25) is 0 Å². The van der Waals surface area contributed by atoms with Gasteiger partial charge in [-0.05, 0) is 127 Å². The average Bonchev–Trinajstić information content (AvgIpc) is 3.37. The molecule has 5 nitrogen and oxygen atoms in total. The van der Waals surface area contributed by atoms with Crippen molar-refractivity contribution < 1.29 is 92.6 Å². The molecular weight excluding hydrogens is 1360 g/mol. The van der Waals surface area contributed by atoms with Gasteiger partial charge in [0.2, 0.25) is 0 Å². The zero-order valence-corrected chi connectivity index (χ0v) is 50.8. The van der Waals surface area contributed by atoms with E-state index in [0.717, 1.165) is 89.0 Å². The first-order valence-corrected chi connectivity index (χ1v) is 23.6. The van der Waals surface area contributed by atoms with Crippen molar-refractivity contribution in [1.29, 1.82) is 0 Å². The molecule has 4 radical (unpaired) electrons. The van der Waals surface area contributed by atoms with E-state index in [1.807, 2.05) is 217 Å². The second kappa shape index (κ2) is 39.2. The molecule has 0 unspecified atom stereocenters. The van der Waals surface area contributed by atoms with Crippen LogP contribution in [0, 0.1) is 65.0 Å². The van der Waals surface area contributed by atoms with Crippen molar-refractivity contribution in [3.8, 4) is 0 Å². The van der Waals surface area contributed by atoms with Crippen molar-refractivity contribution in [3.05, 3.63) is 327 Å². The fourth-order valence-electron chi connectivity index (χ4n) is 7.17. The zero-order chi connectivity index (χ0) is 49.0. The van der Waals surface area contributed by atoms with E-state index >= 15 is 0 Å². The minimum atomic E-state index is 0. The molecule has 5 heterocycles. The number of rotatable bonds is 10. The molecule has 5 aromatic carbocycles. The molecule has 10 aromatic rings. The van der Waals surface area contributed by atoms with Crippen LogP contribution < -0.4 is 0 Å². The summed E-state index contributed by atoms with van der Waals surface area (Å²) in [6.45, 7) is 10.1. The normalized spacial score (nSPS) is 9.40. The minimum absolute atomic E-state index is 0. The Balaban J connectivity index is 0.000000461. The van der Waals surface area contributed by atoms with Crippen LogP contribution >= 0.6 is 0 Å². The molecule has 0 fully saturated rings. The predicted octanol–water partition coefficient (Wildman–Crippen LogP) is 13.9. The number of pyridine rings is 5. The van der Waals surface area contributed by atoms with E-state index in [4.69, 9.17) is 0 Å². The minimum Gasteiger partial charge on any atom is -0.258 e. The maximum absolute atomic E-state index is 4.45. The Morgan fingerprint density at radius 1 is 0.280 bits per heavy atom. The van der Waals surface area contributed by atoms with Gasteiger partial charge in [0.05, 0.1) is 0 Å². The summed E-state index contributed by atoms with van der Waals surface area (Å²) in [6, 6.07) is 86.6. The molecule has 0 spiro atoms. The monoisotopic (exact) mass is 1420 g/mol. The van der Waals surface area contributed by atoms with Crippen LogP contribution in [0.5, 0.6) is 0 Å². The first-order chi connectivity index (χ1) is 34.2. The molecule has 0 aliphatic heterocycles. The number of aryl methyl sites for hydroxylation is 5. The van der Waals surface area contributed by atoms with E-state index in [0.29, 0.717) is 0 Å². The SMILES string of the molecule is Cc1cccc(Cc2[c-]cccc2)n1.Cc1cccc(Cc2[c-]cccc2)n1.Cc1cccc(Cc2[c-]cccc2)n1.Cc1cccc(Cc2[c-]cccc2)n1.Cc1cccc(Cc2[c-]cccc2)n1.[Co].[Fe].[Os+].[Rh].[Ru+]. The first-order valence-electron chi connectivity index (χ1n) is 23.6. The summed E-state index contributed by atoms with van der Waals surface area (Å²) in [5.74, 6) is 0. The average molecular weight is 1420 g/mol. The van der Waals surface area contributed by atoms with Crippen LogP contribution in [0.3, 0.4) is 0 Å². The largest absolute Gasteiger partial charge is 1.00 e. The molecule has 10 heteroatoms. The Bertz CT molecular complexity index is 2550. The van der Waals surface area contributed by atoms with Crippen molar-refractivity contribution in [2.45, 2.75) is 66.7 Å². The third-order valence-corrected chi connectivity index (χ3v) is 10.5. The molecule has 5 aromatic heterocycles. The van der Waals surface area contributed by atoms with Crippen LogP contribution in [-0.4, -0.2) is 24.9 Å². The van der Waals surface area contributed by atoms with Gasteiger partial charge in [-0.3, -0.25) is 24.9 Å². The molecule has 0 atom stereocenters. The van der Waals surface area contributed by atoms with Gasteiger partial charge in [0.1, 0.15) is 0 Å². The van der Waals surface area contributed by atoms with Crippen LogP contribution in [-0.2, 0) is 125 Å². The second-order valence-corrected chi connectivity index (χ2v) is 16.7. The fourth-order valence-corrected chi connectivity index (χ4v) is 7.17. The van der Waals surface area contributed by atoms with Crippen LogP contribution in [0.15, 0.2) is 212 Å². The summed E-state index contributed by atoms with van der Waals surface area (Å²) in [4.78, 5) is 22.2. The Morgan fingerprint density at radius 2 is 0.453 bits per heavy atom. The molecule has 390 valence electrons. The maximum atomic E-state index is 4.45. The summed E-state index contributed by atoms with van der Waals surface area (Å²) in [6.07, 6.45) is 4.32. The second-order valence-electron chi connectivity index (χ2n) is 16.7. The van der Waals surface area contributed by atoms with E-state index in [2.05, 4.69) is 85.6 Å². The van der Waals surface area contributed by atoms with E-state index in [1.165, 1.54) is 27.8 Å². The first kappa shape index (κ1) is 67.8. The van der Waals surface area contributed by atoms with Crippen molar-refractivity contribution in [2.75, 3.05) is 0 Å². The molecule has 0 saturated carbocycles. The molecule has 0 aliphatic carbocycles. The van der Waals surface area contributed by atoms with E-state index in [9.17, 15) is 0 Å². The third kappa shape index (κ3) is 27.9. The van der Waals surface area contributed by atoms with Gasteiger partial charge < -0.3 is 0 Å². The van der Waals surface area contributed by atoms with Gasteiger partial charge in [0.15, 0.2) is 0 Å². The topological polar surface area (TPSA) is 64.5 Å². The Labute approximate surface area is 507 Å². The Morgan fingerprint density at radius 3 is 0.587 bits per heavy atom. The maximum Gasteiger partial charge on any atom is 1.00 e. The summed E-state index contributed by atoms with van der Waals surface area (Å²) >= 11 is 0. The molecule has 10 rings (SSSR count). The predicted molar refractivity (Wildman–Crippen MR) is 285 cm³/mol. The summed E-state index contributed by atoms with van der Waals surface area (Å²) < 4.78 is 0. The molecular formula is C65H60CoFeN5OsRhRu-3. The molecule has 0 aliphatic rings.